The van der Waals surface area contributed by atoms with Gasteiger partial charge in [0.15, 0.2) is 17.5 Å². The van der Waals surface area contributed by atoms with Crippen LogP contribution in [0.15, 0.2) is 164 Å². The molecule has 0 N–H and O–H groups in total. The van der Waals surface area contributed by atoms with Crippen LogP contribution in [0.2, 0.25) is 0 Å². The summed E-state index contributed by atoms with van der Waals surface area (Å²) in [6, 6.07) is 58.0. The Morgan fingerprint density at radius 3 is 1.75 bits per heavy atom. The van der Waals surface area contributed by atoms with Gasteiger partial charge in [0, 0.05) is 53.3 Å². The average molecular weight is 671 g/mol. The van der Waals surface area contributed by atoms with Crippen molar-refractivity contribution in [2.45, 2.75) is 6.92 Å². The second-order valence-electron chi connectivity index (χ2n) is 13.0. The SMILES string of the molecule is Cc1ccc(-c2nc(-c3ccccc3)nc(-c3ccc(-n4c5ccccc5c5cc(-c6cccc7c6sc6ccccc67)ccc54)cc3)n2)cc1. The van der Waals surface area contributed by atoms with Crippen molar-refractivity contribution in [1.82, 2.24) is 19.5 Å². The molecule has 10 aromatic rings. The summed E-state index contributed by atoms with van der Waals surface area (Å²) < 4.78 is 5.01. The zero-order valence-electron chi connectivity index (χ0n) is 27.8. The number of benzene rings is 7. The van der Waals surface area contributed by atoms with Crippen molar-refractivity contribution in [1.29, 1.82) is 0 Å². The Morgan fingerprint density at radius 1 is 0.431 bits per heavy atom. The molecule has 0 amide bonds. The molecule has 0 fully saturated rings. The van der Waals surface area contributed by atoms with Gasteiger partial charge in [-0.1, -0.05) is 121 Å². The molecule has 0 bridgehead atoms. The van der Waals surface area contributed by atoms with Crippen LogP contribution in [0.25, 0.3) is 93.0 Å². The van der Waals surface area contributed by atoms with E-state index in [9.17, 15) is 0 Å². The minimum absolute atomic E-state index is 0.647. The lowest BCUT2D eigenvalue weighted by molar-refractivity contribution is 1.07. The first kappa shape index (κ1) is 29.5. The highest BCUT2D eigenvalue weighted by Crippen LogP contribution is 2.42. The molecular weight excluding hydrogens is 641 g/mol. The maximum absolute atomic E-state index is 4.97. The molecular formula is C46H30N4S. The van der Waals surface area contributed by atoms with Crippen molar-refractivity contribution >= 4 is 53.3 Å². The summed E-state index contributed by atoms with van der Waals surface area (Å²) in [7, 11) is 0. The number of aryl methyl sites for hydroxylation is 1. The summed E-state index contributed by atoms with van der Waals surface area (Å²) in [5, 5.41) is 5.10. The van der Waals surface area contributed by atoms with Gasteiger partial charge >= 0.3 is 0 Å². The van der Waals surface area contributed by atoms with E-state index in [0.717, 1.165) is 22.4 Å². The van der Waals surface area contributed by atoms with E-state index in [1.165, 1.54) is 58.7 Å². The van der Waals surface area contributed by atoms with Gasteiger partial charge in [-0.15, -0.1) is 11.3 Å². The molecule has 0 saturated heterocycles. The first-order valence-corrected chi connectivity index (χ1v) is 17.9. The van der Waals surface area contributed by atoms with Crippen LogP contribution >= 0.6 is 11.3 Å². The molecule has 10 rings (SSSR count). The second-order valence-corrected chi connectivity index (χ2v) is 14.0. The Labute approximate surface area is 299 Å². The van der Waals surface area contributed by atoms with Gasteiger partial charge in [0.1, 0.15) is 0 Å². The molecule has 3 aromatic heterocycles. The Balaban J connectivity index is 1.09. The molecule has 4 nitrogen and oxygen atoms in total. The summed E-state index contributed by atoms with van der Waals surface area (Å²) in [4.78, 5) is 14.8. The van der Waals surface area contributed by atoms with Crippen LogP contribution in [0, 0.1) is 6.92 Å². The molecule has 51 heavy (non-hydrogen) atoms. The largest absolute Gasteiger partial charge is 0.309 e. The molecule has 0 aliphatic rings. The third-order valence-electron chi connectivity index (χ3n) is 9.75. The normalized spacial score (nSPS) is 11.6. The number of hydrogen-bond donors (Lipinski definition) is 0. The van der Waals surface area contributed by atoms with Crippen molar-refractivity contribution in [2.75, 3.05) is 0 Å². The van der Waals surface area contributed by atoms with E-state index in [4.69, 9.17) is 15.0 Å². The Bertz CT molecular complexity index is 2900. The smallest absolute Gasteiger partial charge is 0.164 e. The second kappa shape index (κ2) is 11.9. The van der Waals surface area contributed by atoms with E-state index in [1.807, 2.05) is 41.7 Å². The summed E-state index contributed by atoms with van der Waals surface area (Å²) in [6.07, 6.45) is 0. The van der Waals surface area contributed by atoms with Crippen LogP contribution in [-0.4, -0.2) is 19.5 Å². The lowest BCUT2D eigenvalue weighted by Crippen LogP contribution is -2.00. The number of aromatic nitrogens is 4. The summed E-state index contributed by atoms with van der Waals surface area (Å²) in [5.41, 5.74) is 9.98. The maximum atomic E-state index is 4.97. The van der Waals surface area contributed by atoms with Gasteiger partial charge in [-0.3, -0.25) is 0 Å². The standard InChI is InChI=1S/C46H30N4S/c1-29-18-20-31(21-19-29)45-47-44(30-10-3-2-4-11-30)48-46(49-45)32-22-25-34(26-23-32)50-40-16-7-5-12-36(40)39-28-33(24-27-41(39)50)35-14-9-15-38-37-13-6-8-17-42(37)51-43(35)38/h2-28H,1H3. The molecule has 0 aliphatic heterocycles. The lowest BCUT2D eigenvalue weighted by atomic mass is 10.0. The molecule has 5 heteroatoms. The highest BCUT2D eigenvalue weighted by atomic mass is 32.1. The van der Waals surface area contributed by atoms with Gasteiger partial charge in [0.25, 0.3) is 0 Å². The first-order chi connectivity index (χ1) is 25.2. The van der Waals surface area contributed by atoms with Crippen LogP contribution in [0.4, 0.5) is 0 Å². The highest BCUT2D eigenvalue weighted by molar-refractivity contribution is 7.26. The predicted octanol–water partition coefficient (Wildman–Crippen LogP) is 12.3. The van der Waals surface area contributed by atoms with Gasteiger partial charge < -0.3 is 4.57 Å². The fraction of sp³-hybridized carbons (Fsp3) is 0.0217. The zero-order valence-corrected chi connectivity index (χ0v) is 28.6. The van der Waals surface area contributed by atoms with Crippen LogP contribution in [0.1, 0.15) is 5.56 Å². The maximum Gasteiger partial charge on any atom is 0.164 e. The Kier molecular flexibility index (Phi) is 6.86. The van der Waals surface area contributed by atoms with E-state index >= 15 is 0 Å². The molecule has 0 radical (unpaired) electrons. The van der Waals surface area contributed by atoms with Crippen LogP contribution in [-0.2, 0) is 0 Å². The number of thiophene rings is 1. The Morgan fingerprint density at radius 2 is 1.00 bits per heavy atom. The van der Waals surface area contributed by atoms with E-state index in [0.29, 0.717) is 17.5 Å². The molecule has 0 unspecified atom stereocenters. The van der Waals surface area contributed by atoms with Crippen molar-refractivity contribution < 1.29 is 0 Å². The van der Waals surface area contributed by atoms with Crippen LogP contribution in [0.3, 0.4) is 0 Å². The lowest BCUT2D eigenvalue weighted by Gasteiger charge is -2.11. The zero-order chi connectivity index (χ0) is 33.9. The molecule has 3 heterocycles. The van der Waals surface area contributed by atoms with Gasteiger partial charge in [-0.2, -0.15) is 0 Å². The van der Waals surface area contributed by atoms with Gasteiger partial charge in [0.05, 0.1) is 11.0 Å². The third kappa shape index (κ3) is 5.01. The molecule has 0 spiro atoms. The minimum atomic E-state index is 0.647. The third-order valence-corrected chi connectivity index (χ3v) is 11.0. The monoisotopic (exact) mass is 670 g/mol. The van der Waals surface area contributed by atoms with Gasteiger partial charge in [0.2, 0.25) is 0 Å². The summed E-state index contributed by atoms with van der Waals surface area (Å²) in [5.74, 6) is 1.96. The molecule has 0 saturated carbocycles. The molecule has 240 valence electrons. The number of fused-ring (bicyclic) bond motifs is 6. The van der Waals surface area contributed by atoms with Gasteiger partial charge in [-0.05, 0) is 66.6 Å². The number of rotatable bonds is 5. The topological polar surface area (TPSA) is 43.6 Å². The fourth-order valence-electron chi connectivity index (χ4n) is 7.21. The molecule has 7 aromatic carbocycles. The first-order valence-electron chi connectivity index (χ1n) is 17.1. The van der Waals surface area contributed by atoms with E-state index in [-0.39, 0.29) is 0 Å². The van der Waals surface area contributed by atoms with Crippen LogP contribution in [0.5, 0.6) is 0 Å². The number of hydrogen-bond acceptors (Lipinski definition) is 4. The minimum Gasteiger partial charge on any atom is -0.309 e. The molecule has 0 atom stereocenters. The van der Waals surface area contributed by atoms with Crippen molar-refractivity contribution in [2.24, 2.45) is 0 Å². The van der Waals surface area contributed by atoms with Crippen molar-refractivity contribution in [3.8, 4) is 51.0 Å². The van der Waals surface area contributed by atoms with Crippen molar-refractivity contribution in [3.63, 3.8) is 0 Å². The summed E-state index contributed by atoms with van der Waals surface area (Å²) >= 11 is 1.87. The quantitative estimate of drug-likeness (QED) is 0.183. The summed E-state index contributed by atoms with van der Waals surface area (Å²) in [6.45, 7) is 2.09. The Hall–Kier alpha value is -6.43. The van der Waals surface area contributed by atoms with E-state index < -0.39 is 0 Å². The van der Waals surface area contributed by atoms with Crippen LogP contribution < -0.4 is 0 Å². The fourth-order valence-corrected chi connectivity index (χ4v) is 8.44. The molecule has 0 aliphatic carbocycles. The van der Waals surface area contributed by atoms with E-state index in [2.05, 4.69) is 145 Å². The number of nitrogens with zero attached hydrogens (tertiary/aromatic N) is 4. The van der Waals surface area contributed by atoms with Gasteiger partial charge in [-0.25, -0.2) is 15.0 Å². The van der Waals surface area contributed by atoms with Crippen molar-refractivity contribution in [3.05, 3.63) is 169 Å². The van der Waals surface area contributed by atoms with E-state index in [1.54, 1.807) is 0 Å². The number of para-hydroxylation sites is 1. The predicted molar refractivity (Wildman–Crippen MR) is 214 cm³/mol. The average Bonchev–Trinajstić information content (AvgIpc) is 3.74. The highest BCUT2D eigenvalue weighted by Gasteiger charge is 2.17.